The minimum atomic E-state index is -0.248. The van der Waals surface area contributed by atoms with Gasteiger partial charge in [-0.3, -0.25) is 14.4 Å². The molecule has 3 fully saturated rings. The van der Waals surface area contributed by atoms with Crippen molar-refractivity contribution in [3.8, 4) is 5.75 Å². The van der Waals surface area contributed by atoms with E-state index in [9.17, 15) is 14.4 Å². The molecular formula is C35H49N7O5. The Kier molecular flexibility index (Phi) is 10.4. The second-order valence-corrected chi connectivity index (χ2v) is 13.4. The summed E-state index contributed by atoms with van der Waals surface area (Å²) in [4.78, 5) is 54.2. The number of hydrogen-bond acceptors (Lipinski definition) is 10. The number of likely N-dealkylation sites (tertiary alicyclic amines) is 1. The van der Waals surface area contributed by atoms with Gasteiger partial charge in [0.15, 0.2) is 5.82 Å². The Balaban J connectivity index is 1.06. The minimum absolute atomic E-state index is 0.0420. The third-order valence-corrected chi connectivity index (χ3v) is 10.2. The maximum atomic E-state index is 13.2. The molecule has 1 unspecified atom stereocenters. The van der Waals surface area contributed by atoms with Crippen molar-refractivity contribution >= 4 is 40.9 Å². The van der Waals surface area contributed by atoms with Crippen LogP contribution in [0.25, 0.3) is 0 Å². The summed E-state index contributed by atoms with van der Waals surface area (Å²) in [7, 11) is 3.36. The smallest absolute Gasteiger partial charge is 0.306 e. The highest BCUT2D eigenvalue weighted by Crippen LogP contribution is 2.40. The number of methoxy groups -OCH3 is 1. The Morgan fingerprint density at radius 3 is 2.57 bits per heavy atom. The minimum Gasteiger partial charge on any atom is -0.495 e. The van der Waals surface area contributed by atoms with Crippen LogP contribution in [0.5, 0.6) is 5.75 Å². The van der Waals surface area contributed by atoms with Crippen molar-refractivity contribution in [3.63, 3.8) is 0 Å². The van der Waals surface area contributed by atoms with Gasteiger partial charge in [-0.1, -0.05) is 19.8 Å². The molecule has 2 amide bonds. The summed E-state index contributed by atoms with van der Waals surface area (Å²) < 4.78 is 11.2. The van der Waals surface area contributed by atoms with Gasteiger partial charge < -0.3 is 34.8 Å². The lowest BCUT2D eigenvalue weighted by Gasteiger charge is -2.43. The van der Waals surface area contributed by atoms with Crippen LogP contribution in [-0.4, -0.2) is 90.7 Å². The zero-order chi connectivity index (χ0) is 32.9. The van der Waals surface area contributed by atoms with E-state index in [1.54, 1.807) is 43.5 Å². The average molecular weight is 648 g/mol. The number of nitrogens with zero attached hydrogens (tertiary/aromatic N) is 5. The maximum Gasteiger partial charge on any atom is 0.306 e. The van der Waals surface area contributed by atoms with Crippen LogP contribution in [0, 0.1) is 0 Å². The lowest BCUT2D eigenvalue weighted by atomic mass is 10.0. The van der Waals surface area contributed by atoms with E-state index in [1.807, 2.05) is 6.92 Å². The summed E-state index contributed by atoms with van der Waals surface area (Å²) in [6.45, 7) is 4.51. The van der Waals surface area contributed by atoms with Gasteiger partial charge in [0.2, 0.25) is 11.9 Å². The molecule has 1 aromatic carbocycles. The number of ether oxygens (including phenoxy) is 2. The molecular weight excluding hydrogens is 598 g/mol. The molecule has 4 aliphatic rings. The predicted octanol–water partition coefficient (Wildman–Crippen LogP) is 4.80. The first kappa shape index (κ1) is 33.0. The first-order valence-corrected chi connectivity index (χ1v) is 17.4. The third kappa shape index (κ3) is 7.47. The van der Waals surface area contributed by atoms with Crippen molar-refractivity contribution in [3.05, 3.63) is 30.0 Å². The van der Waals surface area contributed by atoms with Crippen LogP contribution in [0.1, 0.15) is 94.3 Å². The Labute approximate surface area is 277 Å². The lowest BCUT2D eigenvalue weighted by molar-refractivity contribution is -0.148. The molecule has 2 aliphatic heterocycles. The van der Waals surface area contributed by atoms with Gasteiger partial charge in [0, 0.05) is 44.2 Å². The largest absolute Gasteiger partial charge is 0.495 e. The van der Waals surface area contributed by atoms with Crippen LogP contribution in [-0.2, 0) is 14.3 Å². The number of nitrogens with one attached hydrogen (secondary N) is 2. The molecule has 2 atom stereocenters. The molecule has 0 bridgehead atoms. The second kappa shape index (κ2) is 14.9. The highest BCUT2D eigenvalue weighted by atomic mass is 16.5. The summed E-state index contributed by atoms with van der Waals surface area (Å²) >= 11 is 0. The number of fused-ring (bicyclic) bond motifs is 1. The van der Waals surface area contributed by atoms with Crippen LogP contribution in [0.15, 0.2) is 24.4 Å². The van der Waals surface area contributed by atoms with E-state index in [0.717, 1.165) is 89.7 Å². The van der Waals surface area contributed by atoms with Crippen LogP contribution >= 0.6 is 0 Å². The number of rotatable bonds is 12. The van der Waals surface area contributed by atoms with Gasteiger partial charge in [-0.25, -0.2) is 4.98 Å². The summed E-state index contributed by atoms with van der Waals surface area (Å²) in [5.74, 6) is 1.51. The standard InChI is InChI=1S/C35H49N7O5/c1-4-28-34(45)40(2)29-21-36-35(39-32(29)42(28)25-10-5-6-11-25)38-27-16-15-23(20-30(27)46-3)33(44)37-24-17-19-41(22-24)18-9-14-31(43)47-26-12-7-8-13-26/h15-16,20-21,24-26,28H,4-14,17-19,22H2,1-3H3,(H,37,44)(H,36,38,39)/t24?,28-/m1/s1. The zero-order valence-corrected chi connectivity index (χ0v) is 28.0. The van der Waals surface area contributed by atoms with Crippen molar-refractivity contribution in [2.24, 2.45) is 0 Å². The van der Waals surface area contributed by atoms with E-state index in [-0.39, 0.29) is 42.0 Å². The Hall–Kier alpha value is -3.93. The van der Waals surface area contributed by atoms with Crippen molar-refractivity contribution < 1.29 is 23.9 Å². The predicted molar refractivity (Wildman–Crippen MR) is 180 cm³/mol. The molecule has 254 valence electrons. The van der Waals surface area contributed by atoms with E-state index in [1.165, 1.54) is 0 Å². The van der Waals surface area contributed by atoms with Gasteiger partial charge in [-0.15, -0.1) is 0 Å². The van der Waals surface area contributed by atoms with Gasteiger partial charge in [-0.05, 0) is 82.5 Å². The van der Waals surface area contributed by atoms with Crippen LogP contribution in [0.2, 0.25) is 0 Å². The van der Waals surface area contributed by atoms with Crippen molar-refractivity contribution in [2.45, 2.75) is 108 Å². The second-order valence-electron chi connectivity index (χ2n) is 13.4. The third-order valence-electron chi connectivity index (χ3n) is 10.2. The molecule has 2 aliphatic carbocycles. The summed E-state index contributed by atoms with van der Waals surface area (Å²) in [5.41, 5.74) is 1.86. The molecule has 2 aromatic rings. The van der Waals surface area contributed by atoms with Gasteiger partial charge in [0.1, 0.15) is 23.6 Å². The number of amides is 2. The number of carbonyl (C=O) groups excluding carboxylic acids is 3. The number of esters is 1. The first-order valence-electron chi connectivity index (χ1n) is 17.4. The molecule has 6 rings (SSSR count). The monoisotopic (exact) mass is 647 g/mol. The lowest BCUT2D eigenvalue weighted by Crippen LogP contribution is -2.55. The molecule has 12 nitrogen and oxygen atoms in total. The van der Waals surface area contributed by atoms with Crippen LogP contribution in [0.3, 0.4) is 0 Å². The summed E-state index contributed by atoms with van der Waals surface area (Å²) in [6, 6.07) is 5.38. The fourth-order valence-electron chi connectivity index (χ4n) is 7.62. The fraction of sp³-hybridized carbons (Fsp3) is 0.629. The molecule has 2 saturated carbocycles. The van der Waals surface area contributed by atoms with E-state index in [2.05, 4.69) is 25.4 Å². The molecule has 2 N–H and O–H groups in total. The van der Waals surface area contributed by atoms with Gasteiger partial charge in [-0.2, -0.15) is 4.98 Å². The fourth-order valence-corrected chi connectivity index (χ4v) is 7.62. The SMILES string of the molecule is CC[C@@H]1C(=O)N(C)c2cnc(Nc3ccc(C(=O)NC4CCN(CCCC(=O)OC5CCCC5)C4)cc3OC)nc2N1C1CCCC1. The molecule has 3 heterocycles. The molecule has 0 radical (unpaired) electrons. The van der Waals surface area contributed by atoms with Gasteiger partial charge >= 0.3 is 5.97 Å². The number of likely N-dealkylation sites (N-methyl/N-ethyl adjacent to an activating group) is 1. The van der Waals surface area contributed by atoms with E-state index in [0.29, 0.717) is 41.5 Å². The number of benzene rings is 1. The molecule has 1 aromatic heterocycles. The zero-order valence-electron chi connectivity index (χ0n) is 28.0. The van der Waals surface area contributed by atoms with Crippen molar-refractivity contribution in [1.29, 1.82) is 0 Å². The van der Waals surface area contributed by atoms with Crippen LogP contribution < -0.4 is 25.2 Å². The Bertz CT molecular complexity index is 1440. The molecule has 47 heavy (non-hydrogen) atoms. The molecule has 12 heteroatoms. The van der Waals surface area contributed by atoms with Gasteiger partial charge in [0.05, 0.1) is 19.0 Å². The van der Waals surface area contributed by atoms with Crippen LogP contribution in [0.4, 0.5) is 23.1 Å². The number of anilines is 4. The number of aromatic nitrogens is 2. The number of carbonyl (C=O) groups is 3. The first-order chi connectivity index (χ1) is 22.8. The van der Waals surface area contributed by atoms with Crippen molar-refractivity contribution in [1.82, 2.24) is 20.2 Å². The topological polar surface area (TPSA) is 129 Å². The molecule has 1 saturated heterocycles. The van der Waals surface area contributed by atoms with E-state index < -0.39 is 0 Å². The van der Waals surface area contributed by atoms with E-state index >= 15 is 0 Å². The van der Waals surface area contributed by atoms with Crippen molar-refractivity contribution in [2.75, 3.05) is 48.9 Å². The summed E-state index contributed by atoms with van der Waals surface area (Å²) in [5, 5.41) is 6.45. The quantitative estimate of drug-likeness (QED) is 0.310. The average Bonchev–Trinajstić information content (AvgIpc) is 3.87. The normalized spacial score (nSPS) is 22.1. The Morgan fingerprint density at radius 1 is 1.06 bits per heavy atom. The number of hydrogen-bond donors (Lipinski definition) is 2. The highest BCUT2D eigenvalue weighted by Gasteiger charge is 2.41. The summed E-state index contributed by atoms with van der Waals surface area (Å²) in [6.07, 6.45) is 13.3. The Morgan fingerprint density at radius 2 is 1.83 bits per heavy atom. The molecule has 0 spiro atoms. The van der Waals surface area contributed by atoms with Gasteiger partial charge in [0.25, 0.3) is 5.91 Å². The highest BCUT2D eigenvalue weighted by molar-refractivity contribution is 6.04. The maximum absolute atomic E-state index is 13.2. The van der Waals surface area contributed by atoms with E-state index in [4.69, 9.17) is 14.5 Å².